The van der Waals surface area contributed by atoms with Crippen LogP contribution in [0, 0.1) is 6.92 Å². The fraction of sp³-hybridized carbons (Fsp3) is 0.174. The van der Waals surface area contributed by atoms with Gasteiger partial charge in [0, 0.05) is 33.2 Å². The number of halogens is 4. The van der Waals surface area contributed by atoms with Crippen molar-refractivity contribution in [2.75, 3.05) is 0 Å². The molecule has 0 aliphatic heterocycles. The minimum Gasteiger partial charge on any atom is -0.480 e. The molecule has 2 aromatic carbocycles. The van der Waals surface area contributed by atoms with E-state index in [1.54, 1.807) is 29.7 Å². The maximum atomic E-state index is 12.8. The second kappa shape index (κ2) is 8.40. The van der Waals surface area contributed by atoms with Crippen molar-refractivity contribution in [2.24, 2.45) is 0 Å². The summed E-state index contributed by atoms with van der Waals surface area (Å²) < 4.78 is 41.2. The van der Waals surface area contributed by atoms with Gasteiger partial charge in [0.2, 0.25) is 0 Å². The fourth-order valence-electron chi connectivity index (χ4n) is 3.78. The van der Waals surface area contributed by atoms with Crippen molar-refractivity contribution in [3.8, 4) is 11.3 Å². The summed E-state index contributed by atoms with van der Waals surface area (Å²) in [6.45, 7) is 1.45. The van der Waals surface area contributed by atoms with Crippen LogP contribution in [0.15, 0.2) is 59.4 Å². The summed E-state index contributed by atoms with van der Waals surface area (Å²) in [7, 11) is 0. The lowest BCUT2D eigenvalue weighted by atomic mass is 10.1. The first-order valence-corrected chi connectivity index (χ1v) is 10.2. The number of benzene rings is 2. The molecule has 2 heterocycles. The lowest BCUT2D eigenvalue weighted by Gasteiger charge is -2.10. The first kappa shape index (κ1) is 22.6. The molecule has 0 amide bonds. The molecule has 0 fully saturated rings. The Morgan fingerprint density at radius 3 is 2.42 bits per heavy atom. The number of aliphatic carboxylic acids is 1. The molecule has 33 heavy (non-hydrogen) atoms. The van der Waals surface area contributed by atoms with Gasteiger partial charge in [-0.2, -0.15) is 18.3 Å². The number of hydrogen-bond acceptors (Lipinski definition) is 3. The SMILES string of the molecule is Cc1c(-c2ccc(=O)n(Cc3ccc(C(F)(F)F)cc3)n2)c2cc(Cl)ccc2n1CC(=O)O. The van der Waals surface area contributed by atoms with E-state index in [1.165, 1.54) is 24.3 Å². The summed E-state index contributed by atoms with van der Waals surface area (Å²) in [4.78, 5) is 23.8. The van der Waals surface area contributed by atoms with Crippen molar-refractivity contribution >= 4 is 28.5 Å². The molecule has 0 bridgehead atoms. The molecule has 0 saturated carbocycles. The van der Waals surface area contributed by atoms with E-state index in [-0.39, 0.29) is 13.1 Å². The Hall–Kier alpha value is -3.59. The number of alkyl halides is 3. The van der Waals surface area contributed by atoms with E-state index in [0.717, 1.165) is 16.8 Å². The highest BCUT2D eigenvalue weighted by molar-refractivity contribution is 6.31. The fourth-order valence-corrected chi connectivity index (χ4v) is 3.96. The van der Waals surface area contributed by atoms with Crippen molar-refractivity contribution < 1.29 is 23.1 Å². The third-order valence-electron chi connectivity index (χ3n) is 5.32. The molecule has 4 aromatic rings. The van der Waals surface area contributed by atoms with Crippen molar-refractivity contribution in [3.05, 3.63) is 86.8 Å². The minimum atomic E-state index is -4.45. The molecule has 170 valence electrons. The molecular weight excluding hydrogens is 459 g/mol. The van der Waals surface area contributed by atoms with E-state index in [4.69, 9.17) is 11.6 Å². The first-order chi connectivity index (χ1) is 15.5. The molecule has 6 nitrogen and oxygen atoms in total. The highest BCUT2D eigenvalue weighted by Gasteiger charge is 2.30. The van der Waals surface area contributed by atoms with E-state index < -0.39 is 23.3 Å². The van der Waals surface area contributed by atoms with E-state index in [2.05, 4.69) is 5.10 Å². The number of fused-ring (bicyclic) bond motifs is 1. The van der Waals surface area contributed by atoms with Crippen LogP contribution in [-0.2, 0) is 24.1 Å². The van der Waals surface area contributed by atoms with Gasteiger partial charge in [0.1, 0.15) is 6.54 Å². The highest BCUT2D eigenvalue weighted by Crippen LogP contribution is 2.35. The summed E-state index contributed by atoms with van der Waals surface area (Å²) in [5.41, 5.74) is 1.58. The van der Waals surface area contributed by atoms with Gasteiger partial charge in [-0.05, 0) is 48.9 Å². The predicted molar refractivity (Wildman–Crippen MR) is 117 cm³/mol. The van der Waals surface area contributed by atoms with Crippen LogP contribution >= 0.6 is 11.6 Å². The molecule has 0 unspecified atom stereocenters. The van der Waals surface area contributed by atoms with Crippen LogP contribution in [0.3, 0.4) is 0 Å². The van der Waals surface area contributed by atoms with Gasteiger partial charge < -0.3 is 9.67 Å². The van der Waals surface area contributed by atoms with Gasteiger partial charge in [-0.1, -0.05) is 23.7 Å². The highest BCUT2D eigenvalue weighted by atomic mass is 35.5. The predicted octanol–water partition coefficient (Wildman–Crippen LogP) is 4.98. The third kappa shape index (κ3) is 4.49. The van der Waals surface area contributed by atoms with Gasteiger partial charge in [-0.3, -0.25) is 9.59 Å². The van der Waals surface area contributed by atoms with E-state index in [1.807, 2.05) is 0 Å². The molecular formula is C23H17ClF3N3O3. The van der Waals surface area contributed by atoms with Crippen LogP contribution in [0.4, 0.5) is 13.2 Å². The summed E-state index contributed by atoms with van der Waals surface area (Å²) in [6.07, 6.45) is -4.45. The number of carboxylic acid groups (broad SMARTS) is 1. The second-order valence-electron chi connectivity index (χ2n) is 7.51. The molecule has 0 atom stereocenters. The Kier molecular flexibility index (Phi) is 5.75. The Labute approximate surface area is 190 Å². The summed E-state index contributed by atoms with van der Waals surface area (Å²) in [5, 5.41) is 14.9. The second-order valence-corrected chi connectivity index (χ2v) is 7.95. The quantitative estimate of drug-likeness (QED) is 0.441. The van der Waals surface area contributed by atoms with Crippen molar-refractivity contribution in [1.82, 2.24) is 14.3 Å². The molecule has 0 radical (unpaired) electrons. The lowest BCUT2D eigenvalue weighted by Crippen LogP contribution is -2.23. The maximum Gasteiger partial charge on any atom is 0.416 e. The van der Waals surface area contributed by atoms with Crippen molar-refractivity contribution in [2.45, 2.75) is 26.2 Å². The molecule has 0 saturated heterocycles. The standard InChI is InChI=1S/C23H17ClF3N3O3/c1-13-22(17-10-16(24)6-8-19(17)29(13)12-21(32)33)18-7-9-20(31)30(28-18)11-14-2-4-15(5-3-14)23(25,26)27/h2-10H,11-12H2,1H3,(H,32,33). The van der Waals surface area contributed by atoms with Crippen LogP contribution in [-0.4, -0.2) is 25.4 Å². The average Bonchev–Trinajstić information content (AvgIpc) is 3.00. The Morgan fingerprint density at radius 2 is 1.79 bits per heavy atom. The monoisotopic (exact) mass is 475 g/mol. The average molecular weight is 476 g/mol. The van der Waals surface area contributed by atoms with Crippen LogP contribution < -0.4 is 5.56 Å². The van der Waals surface area contributed by atoms with Gasteiger partial charge >= 0.3 is 12.1 Å². The molecule has 4 rings (SSSR count). The lowest BCUT2D eigenvalue weighted by molar-refractivity contribution is -0.138. The molecule has 10 heteroatoms. The Morgan fingerprint density at radius 1 is 1.09 bits per heavy atom. The van der Waals surface area contributed by atoms with Crippen LogP contribution in [0.2, 0.25) is 5.02 Å². The van der Waals surface area contributed by atoms with Gasteiger partial charge in [-0.15, -0.1) is 0 Å². The van der Waals surface area contributed by atoms with Crippen LogP contribution in [0.5, 0.6) is 0 Å². The zero-order valence-electron chi connectivity index (χ0n) is 17.2. The van der Waals surface area contributed by atoms with Crippen LogP contribution in [0.25, 0.3) is 22.2 Å². The molecule has 2 aromatic heterocycles. The summed E-state index contributed by atoms with van der Waals surface area (Å²) >= 11 is 6.17. The third-order valence-corrected chi connectivity index (χ3v) is 5.55. The van der Waals surface area contributed by atoms with Crippen LogP contribution in [0.1, 0.15) is 16.8 Å². The van der Waals surface area contributed by atoms with E-state index in [0.29, 0.717) is 38.4 Å². The molecule has 1 N–H and O–H groups in total. The number of hydrogen-bond donors (Lipinski definition) is 1. The molecule has 0 aliphatic carbocycles. The smallest absolute Gasteiger partial charge is 0.416 e. The number of carboxylic acids is 1. The molecule has 0 aliphatic rings. The number of rotatable bonds is 5. The minimum absolute atomic E-state index is 0.0294. The van der Waals surface area contributed by atoms with E-state index >= 15 is 0 Å². The number of aromatic nitrogens is 3. The zero-order valence-corrected chi connectivity index (χ0v) is 18.0. The largest absolute Gasteiger partial charge is 0.480 e. The van der Waals surface area contributed by atoms with E-state index in [9.17, 15) is 27.9 Å². The van der Waals surface area contributed by atoms with Gasteiger partial charge in [0.05, 0.1) is 17.8 Å². The van der Waals surface area contributed by atoms with Crippen molar-refractivity contribution in [3.63, 3.8) is 0 Å². The topological polar surface area (TPSA) is 77.1 Å². The zero-order chi connectivity index (χ0) is 23.9. The normalized spacial score (nSPS) is 11.8. The summed E-state index contributed by atoms with van der Waals surface area (Å²) in [6, 6.07) is 12.4. The maximum absolute atomic E-state index is 12.8. The molecule has 0 spiro atoms. The van der Waals surface area contributed by atoms with Crippen molar-refractivity contribution in [1.29, 1.82) is 0 Å². The number of nitrogens with zero attached hydrogens (tertiary/aromatic N) is 3. The Bertz CT molecular complexity index is 1420. The van der Waals surface area contributed by atoms with Gasteiger partial charge in [0.15, 0.2) is 0 Å². The Balaban J connectivity index is 1.79. The number of carbonyl (C=O) groups is 1. The first-order valence-electron chi connectivity index (χ1n) is 9.79. The van der Waals surface area contributed by atoms with Gasteiger partial charge in [0.25, 0.3) is 5.56 Å². The van der Waals surface area contributed by atoms with Gasteiger partial charge in [-0.25, -0.2) is 4.68 Å². The summed E-state index contributed by atoms with van der Waals surface area (Å²) in [5.74, 6) is -1.02.